The monoisotopic (exact) mass is 254 g/mol. The van der Waals surface area contributed by atoms with Crippen LogP contribution in [0.3, 0.4) is 0 Å². The zero-order valence-electron chi connectivity index (χ0n) is 10.6. The van der Waals surface area contributed by atoms with Crippen molar-refractivity contribution in [1.29, 1.82) is 0 Å². The minimum absolute atomic E-state index is 0.315. The lowest BCUT2D eigenvalue weighted by atomic mass is 10.0. The van der Waals surface area contributed by atoms with Gasteiger partial charge in [0, 0.05) is 30.4 Å². The molecule has 0 aliphatic heterocycles. The summed E-state index contributed by atoms with van der Waals surface area (Å²) in [4.78, 5) is 1.28. The Morgan fingerprint density at radius 2 is 2.06 bits per heavy atom. The predicted molar refractivity (Wildman–Crippen MR) is 73.9 cm³/mol. The standard InChI is InChI=1S/C13H22N2OS/c1-11(8-9-16-2)13(15-14)10-17-12-6-4-3-5-7-12/h3-7,11,13,15H,8-10,14H2,1-2H3. The van der Waals surface area contributed by atoms with E-state index in [1.807, 2.05) is 17.8 Å². The molecule has 96 valence electrons. The molecular formula is C13H22N2OS. The van der Waals surface area contributed by atoms with Gasteiger partial charge in [0.05, 0.1) is 0 Å². The molecule has 1 rings (SSSR count). The van der Waals surface area contributed by atoms with Crippen molar-refractivity contribution in [2.75, 3.05) is 19.5 Å². The summed E-state index contributed by atoms with van der Waals surface area (Å²) in [5.41, 5.74) is 2.90. The first-order chi connectivity index (χ1) is 8.27. The highest BCUT2D eigenvalue weighted by molar-refractivity contribution is 7.99. The topological polar surface area (TPSA) is 47.3 Å². The number of thioether (sulfide) groups is 1. The van der Waals surface area contributed by atoms with Gasteiger partial charge in [-0.25, -0.2) is 0 Å². The molecule has 4 heteroatoms. The van der Waals surface area contributed by atoms with Crippen LogP contribution in [0.4, 0.5) is 0 Å². The van der Waals surface area contributed by atoms with Crippen molar-refractivity contribution in [2.24, 2.45) is 11.8 Å². The Balaban J connectivity index is 2.36. The molecule has 2 unspecified atom stereocenters. The number of nitrogens with one attached hydrogen (secondary N) is 1. The van der Waals surface area contributed by atoms with Crippen molar-refractivity contribution in [3.05, 3.63) is 30.3 Å². The molecule has 0 bridgehead atoms. The van der Waals surface area contributed by atoms with E-state index in [-0.39, 0.29) is 0 Å². The van der Waals surface area contributed by atoms with E-state index in [1.165, 1.54) is 4.90 Å². The molecule has 0 aliphatic carbocycles. The summed E-state index contributed by atoms with van der Waals surface area (Å²) in [6, 6.07) is 10.7. The van der Waals surface area contributed by atoms with Gasteiger partial charge in [-0.3, -0.25) is 11.3 Å². The molecule has 0 spiro atoms. The van der Waals surface area contributed by atoms with Gasteiger partial charge in [0.2, 0.25) is 0 Å². The Bertz CT molecular complexity index is 295. The maximum atomic E-state index is 5.61. The van der Waals surface area contributed by atoms with Gasteiger partial charge < -0.3 is 4.74 Å². The predicted octanol–water partition coefficient (Wildman–Crippen LogP) is 2.28. The number of hydrazine groups is 1. The fourth-order valence-corrected chi connectivity index (χ4v) is 2.73. The summed E-state index contributed by atoms with van der Waals surface area (Å²) in [6.07, 6.45) is 1.03. The molecule has 0 amide bonds. The molecule has 0 aromatic heterocycles. The molecule has 17 heavy (non-hydrogen) atoms. The summed E-state index contributed by atoms with van der Waals surface area (Å²) in [5.74, 6) is 7.09. The number of methoxy groups -OCH3 is 1. The Labute approximate surface area is 108 Å². The normalized spacial score (nSPS) is 14.5. The third-order valence-electron chi connectivity index (χ3n) is 2.85. The first-order valence-corrected chi connectivity index (χ1v) is 6.89. The van der Waals surface area contributed by atoms with Crippen LogP contribution in [0.15, 0.2) is 35.2 Å². The highest BCUT2D eigenvalue weighted by atomic mass is 32.2. The van der Waals surface area contributed by atoms with Crippen molar-refractivity contribution in [2.45, 2.75) is 24.3 Å². The number of hydrogen-bond donors (Lipinski definition) is 2. The van der Waals surface area contributed by atoms with Gasteiger partial charge in [-0.05, 0) is 24.5 Å². The van der Waals surface area contributed by atoms with Gasteiger partial charge >= 0.3 is 0 Å². The number of ether oxygens (including phenoxy) is 1. The maximum absolute atomic E-state index is 5.61. The minimum atomic E-state index is 0.315. The first-order valence-electron chi connectivity index (χ1n) is 5.90. The second-order valence-electron chi connectivity index (χ2n) is 4.16. The summed E-state index contributed by atoms with van der Waals surface area (Å²) >= 11 is 1.83. The molecule has 0 radical (unpaired) electrons. The highest BCUT2D eigenvalue weighted by Gasteiger charge is 2.15. The molecule has 2 atom stereocenters. The zero-order valence-corrected chi connectivity index (χ0v) is 11.4. The van der Waals surface area contributed by atoms with Crippen LogP contribution < -0.4 is 11.3 Å². The van der Waals surface area contributed by atoms with E-state index in [1.54, 1.807) is 7.11 Å². The number of benzene rings is 1. The molecule has 1 aromatic rings. The molecule has 0 saturated heterocycles. The van der Waals surface area contributed by atoms with E-state index >= 15 is 0 Å². The molecule has 0 heterocycles. The first kappa shape index (κ1) is 14.5. The summed E-state index contributed by atoms with van der Waals surface area (Å²) in [6.45, 7) is 2.99. The second kappa shape index (κ2) is 8.53. The van der Waals surface area contributed by atoms with Gasteiger partial charge in [0.25, 0.3) is 0 Å². The summed E-state index contributed by atoms with van der Waals surface area (Å²) < 4.78 is 5.09. The number of rotatable bonds is 8. The van der Waals surface area contributed by atoms with E-state index in [0.717, 1.165) is 18.8 Å². The van der Waals surface area contributed by atoms with Crippen molar-refractivity contribution in [3.8, 4) is 0 Å². The maximum Gasteiger partial charge on any atom is 0.0465 e. The smallest absolute Gasteiger partial charge is 0.0465 e. The molecule has 0 aliphatic rings. The quantitative estimate of drug-likeness (QED) is 0.424. The molecule has 3 N–H and O–H groups in total. The van der Waals surface area contributed by atoms with Gasteiger partial charge in [0.1, 0.15) is 0 Å². The average Bonchev–Trinajstić information content (AvgIpc) is 2.38. The minimum Gasteiger partial charge on any atom is -0.385 e. The van der Waals surface area contributed by atoms with Crippen molar-refractivity contribution >= 4 is 11.8 Å². The van der Waals surface area contributed by atoms with Gasteiger partial charge in [-0.15, -0.1) is 11.8 Å². The third-order valence-corrected chi connectivity index (χ3v) is 3.98. The lowest BCUT2D eigenvalue weighted by Crippen LogP contribution is -2.42. The SMILES string of the molecule is COCCC(C)C(CSc1ccccc1)NN. The highest BCUT2D eigenvalue weighted by Crippen LogP contribution is 2.21. The van der Waals surface area contributed by atoms with Crippen LogP contribution in [0.25, 0.3) is 0 Å². The van der Waals surface area contributed by atoms with Gasteiger partial charge in [-0.1, -0.05) is 25.1 Å². The van der Waals surface area contributed by atoms with E-state index in [9.17, 15) is 0 Å². The molecule has 0 saturated carbocycles. The second-order valence-corrected chi connectivity index (χ2v) is 5.25. The van der Waals surface area contributed by atoms with Crippen molar-refractivity contribution < 1.29 is 4.74 Å². The van der Waals surface area contributed by atoms with E-state index in [0.29, 0.717) is 12.0 Å². The zero-order chi connectivity index (χ0) is 12.5. The van der Waals surface area contributed by atoms with Gasteiger partial charge in [-0.2, -0.15) is 0 Å². The molecule has 0 fully saturated rings. The van der Waals surface area contributed by atoms with Crippen LogP contribution in [0.5, 0.6) is 0 Å². The van der Waals surface area contributed by atoms with Crippen molar-refractivity contribution in [1.82, 2.24) is 5.43 Å². The van der Waals surface area contributed by atoms with E-state index in [2.05, 4.69) is 36.6 Å². The van der Waals surface area contributed by atoms with Crippen molar-refractivity contribution in [3.63, 3.8) is 0 Å². The Kier molecular flexibility index (Phi) is 7.28. The lowest BCUT2D eigenvalue weighted by Gasteiger charge is -2.22. The number of hydrogen-bond acceptors (Lipinski definition) is 4. The fraction of sp³-hybridized carbons (Fsp3) is 0.538. The Hall–Kier alpha value is -0.550. The number of nitrogens with two attached hydrogens (primary N) is 1. The van der Waals surface area contributed by atoms with Crippen LogP contribution in [0, 0.1) is 5.92 Å². The summed E-state index contributed by atoms with van der Waals surface area (Å²) in [5, 5.41) is 0. The van der Waals surface area contributed by atoms with Crippen LogP contribution in [-0.2, 0) is 4.74 Å². The van der Waals surface area contributed by atoms with Crippen LogP contribution in [-0.4, -0.2) is 25.5 Å². The van der Waals surface area contributed by atoms with Crippen LogP contribution in [0.1, 0.15) is 13.3 Å². The van der Waals surface area contributed by atoms with Crippen LogP contribution >= 0.6 is 11.8 Å². The van der Waals surface area contributed by atoms with Crippen LogP contribution in [0.2, 0.25) is 0 Å². The lowest BCUT2D eigenvalue weighted by molar-refractivity contribution is 0.172. The van der Waals surface area contributed by atoms with E-state index in [4.69, 9.17) is 10.6 Å². The Morgan fingerprint density at radius 1 is 1.35 bits per heavy atom. The third kappa shape index (κ3) is 5.55. The fourth-order valence-electron chi connectivity index (χ4n) is 1.58. The average molecular weight is 254 g/mol. The molecule has 3 nitrogen and oxygen atoms in total. The summed E-state index contributed by atoms with van der Waals surface area (Å²) in [7, 11) is 1.73. The largest absolute Gasteiger partial charge is 0.385 e. The van der Waals surface area contributed by atoms with Gasteiger partial charge in [0.15, 0.2) is 0 Å². The van der Waals surface area contributed by atoms with E-state index < -0.39 is 0 Å². The molecule has 1 aromatic carbocycles. The Morgan fingerprint density at radius 3 is 2.65 bits per heavy atom. The molecular weight excluding hydrogens is 232 g/mol.